The summed E-state index contributed by atoms with van der Waals surface area (Å²) in [5.41, 5.74) is -0.895. The summed E-state index contributed by atoms with van der Waals surface area (Å²) in [7, 11) is 0. The number of hydrogen-bond acceptors (Lipinski definition) is 9. The second-order valence-electron chi connectivity index (χ2n) is 12.9. The zero-order valence-electron chi connectivity index (χ0n) is 26.9. The molecule has 2 aromatic carbocycles. The zero-order chi connectivity index (χ0) is 34.4. The molecule has 14 nitrogen and oxygen atoms in total. The fourth-order valence-electron chi connectivity index (χ4n) is 5.66. The fourth-order valence-corrected chi connectivity index (χ4v) is 5.66. The number of aliphatic carboxylic acids is 1. The SMILES string of the molecule is CC(=O)c1ccc(-n2c(=O)n3n(c2=O)C2C(=CC3)C(C)(C)Oc3cc(OC(=O)[C@H](CCC(=O)O)NC(=O)OC(C)(C)C)ccc32)cc1. The van der Waals surface area contributed by atoms with Crippen molar-refractivity contribution < 1.29 is 38.5 Å². The van der Waals surface area contributed by atoms with Gasteiger partial charge in [-0.15, -0.1) is 0 Å². The summed E-state index contributed by atoms with van der Waals surface area (Å²) in [4.78, 5) is 75.9. The van der Waals surface area contributed by atoms with Crippen LogP contribution in [-0.2, 0) is 20.9 Å². The van der Waals surface area contributed by atoms with E-state index in [1.165, 1.54) is 28.4 Å². The number of allylic oxidation sites excluding steroid dienone is 1. The number of ether oxygens (including phenoxy) is 3. The molecule has 3 aromatic rings. The molecule has 47 heavy (non-hydrogen) atoms. The number of nitrogens with zero attached hydrogens (tertiary/aromatic N) is 3. The van der Waals surface area contributed by atoms with Gasteiger partial charge in [-0.25, -0.2) is 33.1 Å². The highest BCUT2D eigenvalue weighted by atomic mass is 16.6. The van der Waals surface area contributed by atoms with Gasteiger partial charge in [0.25, 0.3) is 0 Å². The van der Waals surface area contributed by atoms with Crippen LogP contribution in [0, 0.1) is 0 Å². The molecule has 3 heterocycles. The molecular formula is C33H36N4O10. The van der Waals surface area contributed by atoms with Gasteiger partial charge in [0.05, 0.1) is 12.2 Å². The van der Waals surface area contributed by atoms with Gasteiger partial charge >= 0.3 is 29.4 Å². The van der Waals surface area contributed by atoms with Gasteiger partial charge in [-0.1, -0.05) is 6.08 Å². The lowest BCUT2D eigenvalue weighted by Gasteiger charge is -2.42. The number of hydrogen-bond donors (Lipinski definition) is 2. The molecule has 1 aromatic heterocycles. The van der Waals surface area contributed by atoms with Gasteiger partial charge in [0.2, 0.25) is 0 Å². The summed E-state index contributed by atoms with van der Waals surface area (Å²) >= 11 is 0. The molecule has 0 fully saturated rings. The number of carboxylic acids is 1. The summed E-state index contributed by atoms with van der Waals surface area (Å²) in [6, 6.07) is 8.71. The van der Waals surface area contributed by atoms with E-state index in [1.54, 1.807) is 51.1 Å². The second-order valence-corrected chi connectivity index (χ2v) is 12.9. The van der Waals surface area contributed by atoms with E-state index in [0.717, 1.165) is 10.1 Å². The lowest BCUT2D eigenvalue weighted by atomic mass is 9.83. The van der Waals surface area contributed by atoms with Crippen LogP contribution < -0.4 is 26.2 Å². The van der Waals surface area contributed by atoms with Gasteiger partial charge in [-0.3, -0.25) is 9.59 Å². The predicted octanol–water partition coefficient (Wildman–Crippen LogP) is 3.37. The number of nitrogens with one attached hydrogen (secondary N) is 1. The Morgan fingerprint density at radius 1 is 1.06 bits per heavy atom. The standard InChI is InChI=1S/C33H36N4O10/c1-18(38)19-7-9-20(10-8-19)36-30(43)35-16-15-23-27(37(35)31(36)44)22-12-11-21(17-25(22)46-33(23,5)6)45-28(41)24(13-14-26(39)40)34-29(42)47-32(2,3)4/h7-12,15,17,24,27H,13-14,16H2,1-6H3,(H,34,42)(H,39,40)/t24-,27?/m0/s1. The number of esters is 1. The lowest BCUT2D eigenvalue weighted by Crippen LogP contribution is -2.46. The molecule has 2 aliphatic heterocycles. The minimum atomic E-state index is -1.32. The largest absolute Gasteiger partial charge is 0.483 e. The van der Waals surface area contributed by atoms with Crippen molar-refractivity contribution in [3.8, 4) is 17.2 Å². The number of alkyl carbamates (subject to hydrolysis) is 1. The van der Waals surface area contributed by atoms with Crippen LogP contribution in [-0.4, -0.2) is 60.1 Å². The summed E-state index contributed by atoms with van der Waals surface area (Å²) in [6.07, 6.45) is 0.286. The van der Waals surface area contributed by atoms with Crippen molar-refractivity contribution in [3.05, 3.63) is 86.2 Å². The van der Waals surface area contributed by atoms with Gasteiger partial charge in [0.15, 0.2) is 5.78 Å². The second kappa shape index (κ2) is 12.1. The molecule has 248 valence electrons. The fraction of sp³-hybridized carbons (Fsp3) is 0.394. The van der Waals surface area contributed by atoms with E-state index in [-0.39, 0.29) is 30.2 Å². The first-order valence-corrected chi connectivity index (χ1v) is 15.0. The number of carbonyl (C=O) groups is 4. The van der Waals surface area contributed by atoms with Crippen LogP contribution >= 0.6 is 0 Å². The van der Waals surface area contributed by atoms with E-state index < -0.39 is 59.1 Å². The van der Waals surface area contributed by atoms with Crippen molar-refractivity contribution in [1.29, 1.82) is 0 Å². The van der Waals surface area contributed by atoms with E-state index in [1.807, 2.05) is 19.9 Å². The number of benzene rings is 2. The Balaban J connectivity index is 1.48. The molecule has 0 saturated heterocycles. The maximum Gasteiger partial charge on any atom is 0.408 e. The van der Waals surface area contributed by atoms with Crippen LogP contribution in [0.5, 0.6) is 11.5 Å². The maximum atomic E-state index is 13.9. The van der Waals surface area contributed by atoms with Crippen molar-refractivity contribution in [2.45, 2.75) is 84.2 Å². The van der Waals surface area contributed by atoms with Crippen LogP contribution in [0.15, 0.2) is 63.7 Å². The minimum Gasteiger partial charge on any atom is -0.483 e. The van der Waals surface area contributed by atoms with Crippen LogP contribution in [0.2, 0.25) is 0 Å². The summed E-state index contributed by atoms with van der Waals surface area (Å²) in [5.74, 6) is -1.89. The Hall–Kier alpha value is -5.40. The maximum absolute atomic E-state index is 13.9. The Morgan fingerprint density at radius 2 is 1.74 bits per heavy atom. The summed E-state index contributed by atoms with van der Waals surface area (Å²) in [5, 5.41) is 11.5. The van der Waals surface area contributed by atoms with Crippen LogP contribution in [0.3, 0.4) is 0 Å². The highest BCUT2D eigenvalue weighted by Gasteiger charge is 2.44. The number of amides is 1. The predicted molar refractivity (Wildman–Crippen MR) is 167 cm³/mol. The number of ketones is 1. The smallest absolute Gasteiger partial charge is 0.408 e. The zero-order valence-corrected chi connectivity index (χ0v) is 26.9. The quantitative estimate of drug-likeness (QED) is 0.159. The summed E-state index contributed by atoms with van der Waals surface area (Å²) in [6.45, 7) is 10.1. The first kappa shape index (κ1) is 33.0. The number of carboxylic acid groups (broad SMARTS) is 1. The van der Waals surface area contributed by atoms with Crippen molar-refractivity contribution in [1.82, 2.24) is 19.2 Å². The van der Waals surface area contributed by atoms with E-state index in [9.17, 15) is 28.8 Å². The van der Waals surface area contributed by atoms with Crippen molar-refractivity contribution in [3.63, 3.8) is 0 Å². The van der Waals surface area contributed by atoms with Gasteiger partial charge in [0, 0.05) is 23.6 Å². The molecule has 0 aliphatic carbocycles. The molecule has 1 amide bonds. The van der Waals surface area contributed by atoms with E-state index in [0.29, 0.717) is 16.8 Å². The van der Waals surface area contributed by atoms with Gasteiger partial charge < -0.3 is 24.6 Å². The van der Waals surface area contributed by atoms with Crippen LogP contribution in [0.4, 0.5) is 4.79 Å². The molecule has 14 heteroatoms. The number of Topliss-reactive ketones (excluding diaryl/α,β-unsaturated/α-hetero) is 1. The Bertz CT molecular complexity index is 1920. The van der Waals surface area contributed by atoms with Crippen LogP contribution in [0.25, 0.3) is 5.69 Å². The van der Waals surface area contributed by atoms with E-state index in [2.05, 4.69) is 5.32 Å². The topological polar surface area (TPSA) is 177 Å². The molecule has 1 unspecified atom stereocenters. The average molecular weight is 649 g/mol. The van der Waals surface area contributed by atoms with Gasteiger partial charge in [0.1, 0.15) is 34.8 Å². The van der Waals surface area contributed by atoms with E-state index in [4.69, 9.17) is 19.3 Å². The molecule has 5 rings (SSSR count). The first-order valence-electron chi connectivity index (χ1n) is 15.0. The van der Waals surface area contributed by atoms with Gasteiger partial charge in [-0.2, -0.15) is 0 Å². The molecule has 0 bridgehead atoms. The third kappa shape index (κ3) is 6.62. The van der Waals surface area contributed by atoms with Crippen LogP contribution in [0.1, 0.15) is 76.3 Å². The molecule has 2 atom stereocenters. The number of aromatic nitrogens is 3. The molecule has 2 aliphatic rings. The highest BCUT2D eigenvalue weighted by molar-refractivity contribution is 5.94. The number of carbonyl (C=O) groups excluding carboxylic acids is 3. The van der Waals surface area contributed by atoms with Gasteiger partial charge in [-0.05, 0) is 89.9 Å². The third-order valence-electron chi connectivity index (χ3n) is 7.80. The Morgan fingerprint density at radius 3 is 2.36 bits per heavy atom. The van der Waals surface area contributed by atoms with Crippen molar-refractivity contribution in [2.24, 2.45) is 0 Å². The Kier molecular flexibility index (Phi) is 8.48. The number of fused-ring (bicyclic) bond motifs is 5. The monoisotopic (exact) mass is 648 g/mol. The average Bonchev–Trinajstić information content (AvgIpc) is 3.23. The lowest BCUT2D eigenvalue weighted by molar-refractivity contribution is -0.139. The van der Waals surface area contributed by atoms with Crippen molar-refractivity contribution >= 4 is 23.8 Å². The molecular weight excluding hydrogens is 612 g/mol. The molecule has 0 saturated carbocycles. The molecule has 0 spiro atoms. The van der Waals surface area contributed by atoms with E-state index >= 15 is 0 Å². The highest BCUT2D eigenvalue weighted by Crippen LogP contribution is 2.47. The molecule has 2 N–H and O–H groups in total. The minimum absolute atomic E-state index is 0.0481. The normalized spacial score (nSPS) is 16.7. The number of rotatable bonds is 8. The Labute approximate surface area is 269 Å². The molecule has 0 radical (unpaired) electrons. The third-order valence-corrected chi connectivity index (χ3v) is 7.80. The van der Waals surface area contributed by atoms with Crippen molar-refractivity contribution in [2.75, 3.05) is 0 Å². The summed E-state index contributed by atoms with van der Waals surface area (Å²) < 4.78 is 20.9. The first-order chi connectivity index (χ1) is 22.0.